The van der Waals surface area contributed by atoms with Crippen molar-refractivity contribution in [2.75, 3.05) is 43.9 Å². The molecule has 3 saturated heterocycles. The number of nitriles is 1. The second kappa shape index (κ2) is 11.9. The summed E-state index contributed by atoms with van der Waals surface area (Å²) in [5.74, 6) is -0.745. The molecule has 4 fully saturated rings. The van der Waals surface area contributed by atoms with Crippen LogP contribution in [0.25, 0.3) is 32.1 Å². The van der Waals surface area contributed by atoms with E-state index >= 15 is 4.39 Å². The van der Waals surface area contributed by atoms with Crippen LogP contribution in [0.3, 0.4) is 0 Å². The summed E-state index contributed by atoms with van der Waals surface area (Å²) in [6.07, 6.45) is 3.61. The predicted molar refractivity (Wildman–Crippen MR) is 184 cm³/mol. The Morgan fingerprint density at radius 1 is 1.27 bits per heavy atom. The highest BCUT2D eigenvalue weighted by Crippen LogP contribution is 2.46. The van der Waals surface area contributed by atoms with Gasteiger partial charge in [0.05, 0.1) is 26.9 Å². The van der Waals surface area contributed by atoms with Gasteiger partial charge in [-0.15, -0.1) is 11.3 Å². The van der Waals surface area contributed by atoms with E-state index in [1.165, 1.54) is 12.1 Å². The van der Waals surface area contributed by atoms with Crippen molar-refractivity contribution in [3.05, 3.63) is 40.4 Å². The third kappa shape index (κ3) is 5.17. The molecule has 256 valence electrons. The Morgan fingerprint density at radius 2 is 2.06 bits per heavy atom. The molecule has 4 unspecified atom stereocenters. The predicted octanol–water partition coefficient (Wildman–Crippen LogP) is 6.69. The number of rotatable bonds is 7. The number of carbonyl (C=O) groups is 1. The van der Waals surface area contributed by atoms with Gasteiger partial charge in [0, 0.05) is 54.9 Å². The van der Waals surface area contributed by atoms with Gasteiger partial charge < -0.3 is 20.3 Å². The highest BCUT2D eigenvalue weighted by molar-refractivity contribution is 7.23. The molecule has 0 radical (unpaired) electrons. The fourth-order valence-electron chi connectivity index (χ4n) is 8.37. The van der Waals surface area contributed by atoms with Crippen molar-refractivity contribution in [1.82, 2.24) is 19.8 Å². The van der Waals surface area contributed by atoms with Gasteiger partial charge in [-0.25, -0.2) is 13.2 Å². The lowest BCUT2D eigenvalue weighted by molar-refractivity contribution is -0.133. The second-order valence-corrected chi connectivity index (χ2v) is 15.4. The number of halogens is 4. The minimum Gasteiger partial charge on any atom is -0.461 e. The SMILES string of the molecule is CC1C(N(C)c2nc(OCC34CCCN3CC(F)C4)nc3c(F)c(-c4ccc(F)c5sc(N)c(C#N)c45)c(Cl)cc23)CCN1C(=O)C1CC1. The number of likely N-dealkylation sites (N-methyl/N-ethyl adjacent to an activating group) is 1. The maximum atomic E-state index is 17.1. The second-order valence-electron chi connectivity index (χ2n) is 13.9. The summed E-state index contributed by atoms with van der Waals surface area (Å²) < 4.78 is 52.9. The van der Waals surface area contributed by atoms with Crippen molar-refractivity contribution < 1.29 is 22.7 Å². The average Bonchev–Trinajstić information content (AvgIpc) is 3.47. The highest BCUT2D eigenvalue weighted by Gasteiger charge is 2.49. The lowest BCUT2D eigenvalue weighted by atomic mass is 9.95. The van der Waals surface area contributed by atoms with E-state index in [1.54, 1.807) is 6.07 Å². The molecule has 8 rings (SSSR count). The van der Waals surface area contributed by atoms with Crippen LogP contribution < -0.4 is 15.4 Å². The van der Waals surface area contributed by atoms with Crippen LogP contribution in [0, 0.1) is 28.9 Å². The van der Waals surface area contributed by atoms with E-state index in [4.69, 9.17) is 27.1 Å². The smallest absolute Gasteiger partial charge is 0.319 e. The first-order chi connectivity index (χ1) is 23.5. The fourth-order valence-corrected chi connectivity index (χ4v) is 9.61. The average molecular weight is 710 g/mol. The van der Waals surface area contributed by atoms with Gasteiger partial charge >= 0.3 is 6.01 Å². The molecule has 9 nitrogen and oxygen atoms in total. The molecule has 2 N–H and O–H groups in total. The number of nitrogen functional groups attached to an aromatic ring is 1. The molecule has 49 heavy (non-hydrogen) atoms. The molecule has 1 amide bonds. The van der Waals surface area contributed by atoms with Crippen LogP contribution in [0.1, 0.15) is 51.0 Å². The number of fused-ring (bicyclic) bond motifs is 3. The Balaban J connectivity index is 1.26. The van der Waals surface area contributed by atoms with Gasteiger partial charge in [-0.05, 0) is 63.3 Å². The van der Waals surface area contributed by atoms with Crippen LogP contribution in [0.5, 0.6) is 6.01 Å². The van der Waals surface area contributed by atoms with E-state index in [0.29, 0.717) is 37.1 Å². The maximum Gasteiger partial charge on any atom is 0.319 e. The Labute approximate surface area is 290 Å². The Kier molecular flexibility index (Phi) is 7.85. The molecule has 3 aliphatic heterocycles. The zero-order valence-electron chi connectivity index (χ0n) is 27.1. The molecule has 4 aliphatic rings. The molecule has 2 aromatic heterocycles. The number of nitrogens with two attached hydrogens (primary N) is 1. The maximum absolute atomic E-state index is 17.1. The summed E-state index contributed by atoms with van der Waals surface area (Å²) in [5.41, 5.74) is 5.72. The van der Waals surface area contributed by atoms with Crippen molar-refractivity contribution in [1.29, 1.82) is 5.26 Å². The number of benzene rings is 2. The van der Waals surface area contributed by atoms with Crippen LogP contribution in [0.2, 0.25) is 5.02 Å². The van der Waals surface area contributed by atoms with Crippen LogP contribution in [0.4, 0.5) is 24.0 Å². The molecule has 1 aliphatic carbocycles. The van der Waals surface area contributed by atoms with Crippen molar-refractivity contribution in [2.24, 2.45) is 5.92 Å². The number of alkyl halides is 1. The molecule has 0 bridgehead atoms. The quantitative estimate of drug-likeness (QED) is 0.226. The molecule has 5 heterocycles. The zero-order chi connectivity index (χ0) is 34.4. The summed E-state index contributed by atoms with van der Waals surface area (Å²) in [4.78, 5) is 28.4. The number of carbonyl (C=O) groups excluding carboxylic acids is 1. The van der Waals surface area contributed by atoms with Crippen LogP contribution >= 0.6 is 22.9 Å². The molecule has 14 heteroatoms. The lowest BCUT2D eigenvalue weighted by Crippen LogP contribution is -2.45. The number of hydrogen-bond donors (Lipinski definition) is 1. The van der Waals surface area contributed by atoms with Gasteiger partial charge in [-0.1, -0.05) is 17.7 Å². The van der Waals surface area contributed by atoms with Gasteiger partial charge in [0.2, 0.25) is 5.91 Å². The summed E-state index contributed by atoms with van der Waals surface area (Å²) in [6, 6.07) is 5.87. The van der Waals surface area contributed by atoms with Gasteiger partial charge in [-0.2, -0.15) is 15.2 Å². The highest BCUT2D eigenvalue weighted by atomic mass is 35.5. The van der Waals surface area contributed by atoms with Crippen molar-refractivity contribution in [3.63, 3.8) is 0 Å². The molecule has 4 atom stereocenters. The van der Waals surface area contributed by atoms with E-state index < -0.39 is 23.3 Å². The first-order valence-corrected chi connectivity index (χ1v) is 17.9. The van der Waals surface area contributed by atoms with E-state index in [0.717, 1.165) is 43.6 Å². The summed E-state index contributed by atoms with van der Waals surface area (Å²) in [7, 11) is 1.86. The molecular weight excluding hydrogens is 675 g/mol. The van der Waals surface area contributed by atoms with Gasteiger partial charge in [0.1, 0.15) is 41.0 Å². The first-order valence-electron chi connectivity index (χ1n) is 16.7. The number of nitrogens with zero attached hydrogens (tertiary/aromatic N) is 6. The number of thiophene rings is 1. The van der Waals surface area contributed by atoms with Crippen LogP contribution in [-0.4, -0.2) is 82.8 Å². The number of ether oxygens (including phenoxy) is 1. The summed E-state index contributed by atoms with van der Waals surface area (Å²) in [6.45, 7) is 3.90. The monoisotopic (exact) mass is 709 g/mol. The number of anilines is 2. The molecule has 4 aromatic rings. The third-order valence-corrected chi connectivity index (χ3v) is 12.4. The molecular formula is C35H35ClF3N7O2S. The van der Waals surface area contributed by atoms with Gasteiger partial charge in [0.25, 0.3) is 0 Å². The lowest BCUT2D eigenvalue weighted by Gasteiger charge is -2.33. The Morgan fingerprint density at radius 3 is 2.82 bits per heavy atom. The zero-order valence-corrected chi connectivity index (χ0v) is 28.7. The number of hydrogen-bond acceptors (Lipinski definition) is 9. The van der Waals surface area contributed by atoms with E-state index in [2.05, 4.69) is 9.88 Å². The van der Waals surface area contributed by atoms with E-state index in [1.807, 2.05) is 29.8 Å². The molecule has 0 spiro atoms. The topological polar surface area (TPSA) is 112 Å². The third-order valence-electron chi connectivity index (χ3n) is 11.0. The Hall–Kier alpha value is -3.86. The summed E-state index contributed by atoms with van der Waals surface area (Å²) >= 11 is 7.79. The minimum absolute atomic E-state index is 0.0175. The standard InChI is InChI=1S/C35H35ClF3N7O2S/c1-17-25(8-11-46(17)33(47)18-4-5-18)44(2)32-21-12-23(36)27(20-6-7-24(38)30-26(20)22(14-40)31(41)49-30)28(39)29(21)42-34(43-32)48-16-35-9-3-10-45(35)15-19(37)13-35/h6-7,12,17-19,25H,3-5,8-11,13,15-16,41H2,1-2H3. The first kappa shape index (κ1) is 32.4. The van der Waals surface area contributed by atoms with Crippen molar-refractivity contribution >= 4 is 60.7 Å². The summed E-state index contributed by atoms with van der Waals surface area (Å²) in [5, 5.41) is 10.5. The normalized spacial score (nSPS) is 25.3. The van der Waals surface area contributed by atoms with E-state index in [-0.39, 0.29) is 78.8 Å². The van der Waals surface area contributed by atoms with E-state index in [9.17, 15) is 18.8 Å². The van der Waals surface area contributed by atoms with Crippen LogP contribution in [0.15, 0.2) is 18.2 Å². The van der Waals surface area contributed by atoms with Gasteiger partial charge in [-0.3, -0.25) is 9.69 Å². The van der Waals surface area contributed by atoms with Crippen molar-refractivity contribution in [3.8, 4) is 23.2 Å². The van der Waals surface area contributed by atoms with Gasteiger partial charge in [0.15, 0.2) is 5.82 Å². The number of aromatic nitrogens is 2. The minimum atomic E-state index is -0.951. The Bertz CT molecular complexity index is 2070. The fraction of sp³-hybridized carbons (Fsp3) is 0.486. The molecule has 2 aromatic carbocycles. The largest absolute Gasteiger partial charge is 0.461 e. The number of likely N-dealkylation sites (tertiary alicyclic amines) is 1. The number of amides is 1. The van der Waals surface area contributed by atoms with Crippen molar-refractivity contribution in [2.45, 2.75) is 69.2 Å². The van der Waals surface area contributed by atoms with Crippen LogP contribution in [-0.2, 0) is 4.79 Å². The molecule has 1 saturated carbocycles.